The number of nitrogens with zero attached hydrogens (tertiary/aromatic N) is 3. The summed E-state index contributed by atoms with van der Waals surface area (Å²) >= 11 is 3.43. The summed E-state index contributed by atoms with van der Waals surface area (Å²) in [6, 6.07) is 8.99. The van der Waals surface area contributed by atoms with Crippen LogP contribution in [0.3, 0.4) is 0 Å². The molecule has 0 unspecified atom stereocenters. The third-order valence-electron chi connectivity index (χ3n) is 1.94. The van der Waals surface area contributed by atoms with Crippen molar-refractivity contribution in [2.45, 2.75) is 13.3 Å². The first-order chi connectivity index (χ1) is 7.71. The van der Waals surface area contributed by atoms with Crippen LogP contribution in [0.1, 0.15) is 12.5 Å². The van der Waals surface area contributed by atoms with Gasteiger partial charge >= 0.3 is 0 Å². The van der Waals surface area contributed by atoms with Crippen LogP contribution in [0.4, 0.5) is 5.69 Å². The molecule has 0 heterocycles. The molecule has 80 valence electrons. The van der Waals surface area contributed by atoms with E-state index >= 15 is 0 Å². The van der Waals surface area contributed by atoms with Crippen LogP contribution in [0.2, 0.25) is 0 Å². The molecule has 0 amide bonds. The number of hydrogen-bond acceptors (Lipinski definition) is 4. The quantitative estimate of drug-likeness (QED) is 0.682. The number of aryl methyl sites for hydroxylation is 1. The number of anilines is 1. The van der Waals surface area contributed by atoms with E-state index in [4.69, 9.17) is 10.5 Å². The number of hydrazone groups is 1. The van der Waals surface area contributed by atoms with Crippen molar-refractivity contribution in [3.8, 4) is 12.1 Å². The van der Waals surface area contributed by atoms with Crippen molar-refractivity contribution in [1.29, 1.82) is 10.5 Å². The van der Waals surface area contributed by atoms with Gasteiger partial charge in [0.1, 0.15) is 12.1 Å². The van der Waals surface area contributed by atoms with Crippen LogP contribution in [0.5, 0.6) is 0 Å². The molecule has 1 N–H and O–H groups in total. The molecule has 0 saturated heterocycles. The van der Waals surface area contributed by atoms with Gasteiger partial charge < -0.3 is 0 Å². The van der Waals surface area contributed by atoms with Crippen LogP contribution in [0.15, 0.2) is 27.8 Å². The Morgan fingerprint density at radius 3 is 2.69 bits per heavy atom. The predicted octanol–water partition coefficient (Wildman–Crippen LogP) is 2.83. The van der Waals surface area contributed by atoms with Crippen molar-refractivity contribution < 1.29 is 0 Å². The Bertz CT molecular complexity index is 478. The Morgan fingerprint density at radius 1 is 1.44 bits per heavy atom. The zero-order chi connectivity index (χ0) is 12.0. The minimum atomic E-state index is -0.194. The average molecular weight is 277 g/mol. The predicted molar refractivity (Wildman–Crippen MR) is 65.8 cm³/mol. The minimum absolute atomic E-state index is 0.194. The molecular weight excluding hydrogens is 268 g/mol. The second-order valence-electron chi connectivity index (χ2n) is 2.96. The van der Waals surface area contributed by atoms with Gasteiger partial charge in [-0.1, -0.05) is 22.9 Å². The Morgan fingerprint density at radius 2 is 2.12 bits per heavy atom. The first-order valence-corrected chi connectivity index (χ1v) is 5.43. The zero-order valence-electron chi connectivity index (χ0n) is 8.66. The monoisotopic (exact) mass is 276 g/mol. The van der Waals surface area contributed by atoms with Crippen molar-refractivity contribution in [3.05, 3.63) is 28.2 Å². The summed E-state index contributed by atoms with van der Waals surface area (Å²) in [4.78, 5) is 0. The molecule has 0 atom stereocenters. The summed E-state index contributed by atoms with van der Waals surface area (Å²) in [7, 11) is 0. The van der Waals surface area contributed by atoms with Gasteiger partial charge in [-0.2, -0.15) is 15.6 Å². The number of rotatable bonds is 3. The van der Waals surface area contributed by atoms with E-state index in [0.29, 0.717) is 0 Å². The number of nitriles is 2. The summed E-state index contributed by atoms with van der Waals surface area (Å²) in [5.41, 5.74) is 4.36. The second kappa shape index (κ2) is 5.89. The van der Waals surface area contributed by atoms with Crippen molar-refractivity contribution in [2.75, 3.05) is 5.43 Å². The van der Waals surface area contributed by atoms with Crippen LogP contribution in [0, 0.1) is 22.7 Å². The molecule has 1 aromatic carbocycles. The lowest BCUT2D eigenvalue weighted by atomic mass is 10.1. The maximum atomic E-state index is 8.50. The summed E-state index contributed by atoms with van der Waals surface area (Å²) in [6.45, 7) is 2.04. The molecular formula is C11H9BrN4. The topological polar surface area (TPSA) is 72.0 Å². The molecule has 0 radical (unpaired) electrons. The molecule has 0 aliphatic heterocycles. The number of hydrogen-bond donors (Lipinski definition) is 1. The van der Waals surface area contributed by atoms with Gasteiger partial charge in [-0.25, -0.2) is 0 Å². The highest BCUT2D eigenvalue weighted by atomic mass is 79.9. The van der Waals surface area contributed by atoms with Crippen molar-refractivity contribution in [3.63, 3.8) is 0 Å². The van der Waals surface area contributed by atoms with Gasteiger partial charge in [0.05, 0.1) is 5.69 Å². The maximum Gasteiger partial charge on any atom is 0.237 e. The lowest BCUT2D eigenvalue weighted by molar-refractivity contribution is 1.12. The van der Waals surface area contributed by atoms with Gasteiger partial charge in [0.15, 0.2) is 0 Å². The average Bonchev–Trinajstić information content (AvgIpc) is 2.32. The summed E-state index contributed by atoms with van der Waals surface area (Å²) in [6.07, 6.45) is 0.892. The number of nitrogens with one attached hydrogen (secondary N) is 1. The molecule has 0 aliphatic rings. The normalized spacial score (nSPS) is 8.75. The minimum Gasteiger partial charge on any atom is -0.277 e. The molecule has 0 aromatic heterocycles. The summed E-state index contributed by atoms with van der Waals surface area (Å²) in [5.74, 6) is 0. The van der Waals surface area contributed by atoms with Gasteiger partial charge in [0, 0.05) is 4.47 Å². The second-order valence-corrected chi connectivity index (χ2v) is 3.81. The van der Waals surface area contributed by atoms with E-state index in [1.54, 1.807) is 12.1 Å². The fourth-order valence-corrected chi connectivity index (χ4v) is 1.64. The molecule has 0 saturated carbocycles. The molecule has 4 nitrogen and oxygen atoms in total. The largest absolute Gasteiger partial charge is 0.277 e. The molecule has 5 heteroatoms. The van der Waals surface area contributed by atoms with E-state index in [0.717, 1.165) is 22.1 Å². The van der Waals surface area contributed by atoms with Crippen molar-refractivity contribution >= 4 is 27.3 Å². The van der Waals surface area contributed by atoms with Crippen LogP contribution >= 0.6 is 15.9 Å². The van der Waals surface area contributed by atoms with E-state index in [1.807, 2.05) is 25.1 Å². The highest BCUT2D eigenvalue weighted by Crippen LogP contribution is 2.21. The molecule has 0 spiro atoms. The fraction of sp³-hybridized carbons (Fsp3) is 0.182. The molecule has 1 aromatic rings. The van der Waals surface area contributed by atoms with Crippen LogP contribution < -0.4 is 5.43 Å². The third kappa shape index (κ3) is 3.08. The van der Waals surface area contributed by atoms with Gasteiger partial charge in [-0.15, -0.1) is 0 Å². The number of benzene rings is 1. The molecule has 16 heavy (non-hydrogen) atoms. The highest BCUT2D eigenvalue weighted by Gasteiger charge is 1.99. The molecule has 1 rings (SSSR count). The maximum absolute atomic E-state index is 8.50. The summed E-state index contributed by atoms with van der Waals surface area (Å²) in [5, 5.41) is 20.7. The van der Waals surface area contributed by atoms with Crippen molar-refractivity contribution in [2.24, 2.45) is 5.10 Å². The highest BCUT2D eigenvalue weighted by molar-refractivity contribution is 9.10. The first kappa shape index (κ1) is 12.2. The lowest BCUT2D eigenvalue weighted by Gasteiger charge is -2.04. The van der Waals surface area contributed by atoms with Gasteiger partial charge in [-0.05, 0) is 30.2 Å². The standard InChI is InChI=1S/C11H9BrN4/c1-2-8-5-9(3-4-11(8)12)15-16-10(6-13)7-14/h3-5,15H,2H2,1H3. The Balaban J connectivity index is 2.88. The van der Waals surface area contributed by atoms with Gasteiger partial charge in [0.2, 0.25) is 5.71 Å². The van der Waals surface area contributed by atoms with Crippen LogP contribution in [0.25, 0.3) is 0 Å². The van der Waals surface area contributed by atoms with E-state index in [9.17, 15) is 0 Å². The molecule has 0 fully saturated rings. The Kier molecular flexibility index (Phi) is 4.50. The summed E-state index contributed by atoms with van der Waals surface area (Å²) < 4.78 is 1.03. The number of halogens is 1. The van der Waals surface area contributed by atoms with Gasteiger partial charge in [0.25, 0.3) is 0 Å². The Hall–Kier alpha value is -1.85. The first-order valence-electron chi connectivity index (χ1n) is 4.63. The lowest BCUT2D eigenvalue weighted by Crippen LogP contribution is -1.97. The Labute approximate surface area is 102 Å². The molecule has 0 bridgehead atoms. The third-order valence-corrected chi connectivity index (χ3v) is 2.71. The van der Waals surface area contributed by atoms with E-state index in [1.165, 1.54) is 0 Å². The van der Waals surface area contributed by atoms with Gasteiger partial charge in [-0.3, -0.25) is 5.43 Å². The van der Waals surface area contributed by atoms with E-state index < -0.39 is 0 Å². The van der Waals surface area contributed by atoms with Crippen LogP contribution in [-0.2, 0) is 6.42 Å². The molecule has 0 aliphatic carbocycles. The van der Waals surface area contributed by atoms with E-state index in [2.05, 4.69) is 26.5 Å². The van der Waals surface area contributed by atoms with Crippen LogP contribution in [-0.4, -0.2) is 5.71 Å². The van der Waals surface area contributed by atoms with Crippen molar-refractivity contribution in [1.82, 2.24) is 0 Å². The fourth-order valence-electron chi connectivity index (χ4n) is 1.11. The van der Waals surface area contributed by atoms with E-state index in [-0.39, 0.29) is 5.71 Å². The smallest absolute Gasteiger partial charge is 0.237 e. The SMILES string of the molecule is CCc1cc(NN=C(C#N)C#N)ccc1Br. The zero-order valence-corrected chi connectivity index (χ0v) is 10.2.